The molecule has 2 aromatic carbocycles. The van der Waals surface area contributed by atoms with Crippen molar-refractivity contribution in [2.24, 2.45) is 0 Å². The van der Waals surface area contributed by atoms with Crippen LogP contribution in [-0.2, 0) is 0 Å². The lowest BCUT2D eigenvalue weighted by molar-refractivity contribution is 0.0831. The number of hydrogen-bond donors (Lipinski definition) is 2. The largest absolute Gasteiger partial charge is 0.451 e. The molecule has 3 aromatic rings. The summed E-state index contributed by atoms with van der Waals surface area (Å²) in [7, 11) is 0. The average Bonchev–Trinajstić information content (AvgIpc) is 3.11. The van der Waals surface area contributed by atoms with Crippen molar-refractivity contribution in [2.45, 2.75) is 0 Å². The standard InChI is InChI=1S/C18H11Cl2FN2O3/c19-10-5-6-13(20)12(9-10)17(24)22-23-18(25)16-8-7-15(26-16)11-3-1-2-4-14(11)21/h1-9H,(H,22,24)(H,23,25). The van der Waals surface area contributed by atoms with Gasteiger partial charge in [0.05, 0.1) is 16.1 Å². The van der Waals surface area contributed by atoms with E-state index in [1.807, 2.05) is 0 Å². The number of benzene rings is 2. The number of amides is 2. The molecular formula is C18H11Cl2FN2O3. The molecule has 0 aliphatic rings. The first-order chi connectivity index (χ1) is 12.5. The van der Waals surface area contributed by atoms with Crippen LogP contribution in [0, 0.1) is 5.82 Å². The first-order valence-electron chi connectivity index (χ1n) is 7.36. The van der Waals surface area contributed by atoms with Gasteiger partial charge in [0.15, 0.2) is 5.76 Å². The third-order valence-electron chi connectivity index (χ3n) is 3.43. The SMILES string of the molecule is O=C(NNC(=O)c1cc(Cl)ccc1Cl)c1ccc(-c2ccccc2F)o1. The van der Waals surface area contributed by atoms with Crippen LogP contribution in [0.5, 0.6) is 0 Å². The molecule has 1 heterocycles. The molecule has 1 aromatic heterocycles. The highest BCUT2D eigenvalue weighted by Gasteiger charge is 2.16. The Labute approximate surface area is 157 Å². The number of furan rings is 1. The number of hydrazine groups is 1. The molecule has 0 fully saturated rings. The van der Waals surface area contributed by atoms with E-state index in [-0.39, 0.29) is 27.7 Å². The second-order valence-electron chi connectivity index (χ2n) is 5.18. The Bertz CT molecular complexity index is 988. The topological polar surface area (TPSA) is 71.3 Å². The van der Waals surface area contributed by atoms with Gasteiger partial charge < -0.3 is 4.42 Å². The summed E-state index contributed by atoms with van der Waals surface area (Å²) < 4.78 is 19.1. The van der Waals surface area contributed by atoms with Gasteiger partial charge in [-0.3, -0.25) is 20.4 Å². The highest BCUT2D eigenvalue weighted by atomic mass is 35.5. The highest BCUT2D eigenvalue weighted by Crippen LogP contribution is 2.24. The van der Waals surface area contributed by atoms with Gasteiger partial charge in [-0.15, -0.1) is 0 Å². The van der Waals surface area contributed by atoms with E-state index in [1.54, 1.807) is 12.1 Å². The molecule has 0 atom stereocenters. The summed E-state index contributed by atoms with van der Waals surface area (Å²) in [5.41, 5.74) is 4.73. The zero-order valence-electron chi connectivity index (χ0n) is 13.1. The van der Waals surface area contributed by atoms with Gasteiger partial charge in [-0.2, -0.15) is 0 Å². The molecule has 0 saturated heterocycles. The molecule has 3 rings (SSSR count). The second kappa shape index (κ2) is 7.59. The summed E-state index contributed by atoms with van der Waals surface area (Å²) in [6.45, 7) is 0. The molecule has 0 spiro atoms. The molecule has 0 unspecified atom stereocenters. The molecule has 0 bridgehead atoms. The van der Waals surface area contributed by atoms with Crippen molar-refractivity contribution in [3.63, 3.8) is 0 Å². The van der Waals surface area contributed by atoms with Crippen LogP contribution in [0.3, 0.4) is 0 Å². The van der Waals surface area contributed by atoms with Gasteiger partial charge in [0.2, 0.25) is 0 Å². The molecule has 8 heteroatoms. The number of rotatable bonds is 3. The van der Waals surface area contributed by atoms with Crippen LogP contribution in [-0.4, -0.2) is 11.8 Å². The number of carbonyl (C=O) groups is 2. The van der Waals surface area contributed by atoms with Crippen molar-refractivity contribution >= 4 is 35.0 Å². The lowest BCUT2D eigenvalue weighted by atomic mass is 10.1. The van der Waals surface area contributed by atoms with Crippen LogP contribution < -0.4 is 10.9 Å². The molecular weight excluding hydrogens is 382 g/mol. The molecule has 0 aliphatic heterocycles. The summed E-state index contributed by atoms with van der Waals surface area (Å²) >= 11 is 11.7. The molecule has 0 saturated carbocycles. The van der Waals surface area contributed by atoms with Gasteiger partial charge in [0.1, 0.15) is 11.6 Å². The minimum atomic E-state index is -0.709. The van der Waals surface area contributed by atoms with Crippen LogP contribution >= 0.6 is 23.2 Å². The van der Waals surface area contributed by atoms with Crippen LogP contribution in [0.25, 0.3) is 11.3 Å². The van der Waals surface area contributed by atoms with Crippen molar-refractivity contribution in [1.29, 1.82) is 0 Å². The Hall–Kier alpha value is -2.83. The van der Waals surface area contributed by atoms with Crippen LogP contribution in [0.4, 0.5) is 4.39 Å². The Morgan fingerprint density at radius 1 is 0.923 bits per heavy atom. The predicted octanol–water partition coefficient (Wildman–Crippen LogP) is 4.47. The maximum Gasteiger partial charge on any atom is 0.305 e. The lowest BCUT2D eigenvalue weighted by Gasteiger charge is -2.07. The third-order valence-corrected chi connectivity index (χ3v) is 4.00. The highest BCUT2D eigenvalue weighted by molar-refractivity contribution is 6.35. The van der Waals surface area contributed by atoms with E-state index in [9.17, 15) is 14.0 Å². The fourth-order valence-corrected chi connectivity index (χ4v) is 2.56. The van der Waals surface area contributed by atoms with Crippen molar-refractivity contribution in [3.05, 3.63) is 81.8 Å². The van der Waals surface area contributed by atoms with Gasteiger partial charge in [-0.05, 0) is 42.5 Å². The van der Waals surface area contributed by atoms with Gasteiger partial charge in [-0.25, -0.2) is 4.39 Å². The Balaban J connectivity index is 1.68. The summed E-state index contributed by atoms with van der Waals surface area (Å²) in [5, 5.41) is 0.507. The van der Waals surface area contributed by atoms with E-state index in [0.717, 1.165) is 0 Å². The summed E-state index contributed by atoms with van der Waals surface area (Å²) in [6.07, 6.45) is 0. The molecule has 2 N–H and O–H groups in total. The second-order valence-corrected chi connectivity index (χ2v) is 6.02. The maximum absolute atomic E-state index is 13.8. The normalized spacial score (nSPS) is 10.4. The Morgan fingerprint density at radius 2 is 1.65 bits per heavy atom. The van der Waals surface area contributed by atoms with Crippen LogP contribution in [0.1, 0.15) is 20.9 Å². The Morgan fingerprint density at radius 3 is 2.42 bits per heavy atom. The van der Waals surface area contributed by atoms with E-state index >= 15 is 0 Å². The summed E-state index contributed by atoms with van der Waals surface area (Å²) in [6, 6.07) is 13.2. The monoisotopic (exact) mass is 392 g/mol. The van der Waals surface area contributed by atoms with Gasteiger partial charge in [-0.1, -0.05) is 35.3 Å². The average molecular weight is 393 g/mol. The zero-order valence-corrected chi connectivity index (χ0v) is 14.6. The number of nitrogens with one attached hydrogen (secondary N) is 2. The fraction of sp³-hybridized carbons (Fsp3) is 0. The zero-order chi connectivity index (χ0) is 18.7. The van der Waals surface area contributed by atoms with E-state index in [4.69, 9.17) is 27.6 Å². The van der Waals surface area contributed by atoms with Crippen LogP contribution in [0.15, 0.2) is 59.0 Å². The number of carbonyl (C=O) groups excluding carboxylic acids is 2. The van der Waals surface area contributed by atoms with Gasteiger partial charge in [0.25, 0.3) is 5.91 Å². The molecule has 26 heavy (non-hydrogen) atoms. The first-order valence-corrected chi connectivity index (χ1v) is 8.12. The van der Waals surface area contributed by atoms with Gasteiger partial charge in [0, 0.05) is 5.02 Å². The van der Waals surface area contributed by atoms with E-state index in [2.05, 4.69) is 10.9 Å². The van der Waals surface area contributed by atoms with E-state index in [1.165, 1.54) is 42.5 Å². The smallest absolute Gasteiger partial charge is 0.305 e. The Kier molecular flexibility index (Phi) is 5.25. The molecule has 0 radical (unpaired) electrons. The van der Waals surface area contributed by atoms with Crippen molar-refractivity contribution in [1.82, 2.24) is 10.9 Å². The lowest BCUT2D eigenvalue weighted by Crippen LogP contribution is -2.41. The third kappa shape index (κ3) is 3.87. The van der Waals surface area contributed by atoms with E-state index in [0.29, 0.717) is 5.02 Å². The van der Waals surface area contributed by atoms with Crippen molar-refractivity contribution in [2.75, 3.05) is 0 Å². The van der Waals surface area contributed by atoms with Crippen LogP contribution in [0.2, 0.25) is 10.0 Å². The maximum atomic E-state index is 13.8. The minimum Gasteiger partial charge on any atom is -0.451 e. The van der Waals surface area contributed by atoms with Crippen molar-refractivity contribution < 1.29 is 18.4 Å². The van der Waals surface area contributed by atoms with E-state index < -0.39 is 17.6 Å². The van der Waals surface area contributed by atoms with Gasteiger partial charge >= 0.3 is 5.91 Å². The summed E-state index contributed by atoms with van der Waals surface area (Å²) in [5.74, 6) is -1.73. The summed E-state index contributed by atoms with van der Waals surface area (Å²) in [4.78, 5) is 24.2. The molecule has 5 nitrogen and oxygen atoms in total. The molecule has 132 valence electrons. The molecule has 0 aliphatic carbocycles. The predicted molar refractivity (Wildman–Crippen MR) is 95.5 cm³/mol. The number of hydrogen-bond acceptors (Lipinski definition) is 3. The number of halogens is 3. The first kappa shape index (κ1) is 18.0. The fourth-order valence-electron chi connectivity index (χ4n) is 2.18. The minimum absolute atomic E-state index is 0.0965. The van der Waals surface area contributed by atoms with Crippen molar-refractivity contribution in [3.8, 4) is 11.3 Å². The molecule has 2 amide bonds. The quantitative estimate of drug-likeness (QED) is 0.646.